The number of hydrogen-bond donors (Lipinski definition) is 3. The Kier molecular flexibility index (Phi) is 4.03. The van der Waals surface area contributed by atoms with Crippen molar-refractivity contribution in [2.45, 2.75) is 29.9 Å². The molecule has 1 aromatic carbocycles. The van der Waals surface area contributed by atoms with E-state index in [1.807, 2.05) is 6.07 Å². The fourth-order valence-electron chi connectivity index (χ4n) is 3.18. The average molecular weight is 358 g/mol. The molecular formula is C17H18N4O3S. The minimum atomic E-state index is -3.74. The van der Waals surface area contributed by atoms with E-state index in [0.29, 0.717) is 29.6 Å². The van der Waals surface area contributed by atoms with Gasteiger partial charge in [0.1, 0.15) is 0 Å². The Morgan fingerprint density at radius 3 is 2.76 bits per heavy atom. The Hall–Kier alpha value is -2.29. The molecule has 1 fully saturated rings. The van der Waals surface area contributed by atoms with Gasteiger partial charge >= 0.3 is 0 Å². The number of pyridine rings is 1. The fraction of sp³-hybridized carbons (Fsp3) is 0.294. The average Bonchev–Trinajstić information content (AvgIpc) is 3.06. The topological polar surface area (TPSA) is 108 Å². The number of imidazole rings is 1. The van der Waals surface area contributed by atoms with Crippen molar-refractivity contribution in [2.75, 3.05) is 0 Å². The van der Waals surface area contributed by atoms with Crippen molar-refractivity contribution in [1.29, 1.82) is 0 Å². The molecule has 130 valence electrons. The molecule has 8 heteroatoms. The van der Waals surface area contributed by atoms with Crippen LogP contribution < -0.4 is 4.72 Å². The van der Waals surface area contributed by atoms with Gasteiger partial charge in [0.15, 0.2) is 0 Å². The number of rotatable bonds is 5. The van der Waals surface area contributed by atoms with Crippen molar-refractivity contribution in [3.63, 3.8) is 0 Å². The number of hydrogen-bond acceptors (Lipinski definition) is 5. The van der Waals surface area contributed by atoms with E-state index in [9.17, 15) is 13.5 Å². The number of aromatic nitrogens is 3. The highest BCUT2D eigenvalue weighted by molar-refractivity contribution is 7.89. The summed E-state index contributed by atoms with van der Waals surface area (Å²) in [6.45, 7) is 0. The van der Waals surface area contributed by atoms with E-state index < -0.39 is 16.1 Å². The van der Waals surface area contributed by atoms with Crippen LogP contribution >= 0.6 is 0 Å². The zero-order valence-electron chi connectivity index (χ0n) is 13.3. The summed E-state index contributed by atoms with van der Waals surface area (Å²) in [7, 11) is -3.74. The third kappa shape index (κ3) is 3.15. The Bertz CT molecular complexity index is 981. The molecule has 25 heavy (non-hydrogen) atoms. The number of fused-ring (bicyclic) bond motifs is 1. The SMILES string of the molecule is O=S(=O)(N[C@H](c1ccccn1)C1CC(O)C1)c1ccc2nc[nH]c2c1. The summed E-state index contributed by atoms with van der Waals surface area (Å²) in [5.74, 6) is 0.0237. The van der Waals surface area contributed by atoms with E-state index in [0.717, 1.165) is 0 Å². The van der Waals surface area contributed by atoms with Crippen LogP contribution in [0, 0.1) is 5.92 Å². The van der Waals surface area contributed by atoms with E-state index in [2.05, 4.69) is 19.7 Å². The first-order chi connectivity index (χ1) is 12.0. The van der Waals surface area contributed by atoms with Crippen LogP contribution in [0.1, 0.15) is 24.6 Å². The van der Waals surface area contributed by atoms with E-state index in [1.54, 1.807) is 30.5 Å². The first kappa shape index (κ1) is 16.2. The van der Waals surface area contributed by atoms with Crippen LogP contribution in [-0.2, 0) is 10.0 Å². The van der Waals surface area contributed by atoms with Crippen molar-refractivity contribution in [3.05, 3.63) is 54.6 Å². The molecule has 4 rings (SSSR count). The summed E-state index contributed by atoms with van der Waals surface area (Å²) >= 11 is 0. The number of aromatic amines is 1. The zero-order chi connectivity index (χ0) is 17.4. The maximum Gasteiger partial charge on any atom is 0.241 e. The van der Waals surface area contributed by atoms with Gasteiger partial charge in [0, 0.05) is 6.20 Å². The molecule has 0 unspecified atom stereocenters. The molecule has 1 aliphatic carbocycles. The minimum Gasteiger partial charge on any atom is -0.393 e. The summed E-state index contributed by atoms with van der Waals surface area (Å²) < 4.78 is 28.5. The maximum absolute atomic E-state index is 12.9. The number of aliphatic hydroxyl groups is 1. The molecule has 0 saturated heterocycles. The first-order valence-electron chi connectivity index (χ1n) is 8.07. The fourth-order valence-corrected chi connectivity index (χ4v) is 4.48. The minimum absolute atomic E-state index is 0.0237. The Balaban J connectivity index is 1.66. The molecule has 7 nitrogen and oxygen atoms in total. The van der Waals surface area contributed by atoms with Crippen LogP contribution in [0.15, 0.2) is 53.8 Å². The third-order valence-electron chi connectivity index (χ3n) is 4.61. The number of sulfonamides is 1. The van der Waals surface area contributed by atoms with Gasteiger partial charge in [0.2, 0.25) is 10.0 Å². The lowest BCUT2D eigenvalue weighted by atomic mass is 9.76. The largest absolute Gasteiger partial charge is 0.393 e. The molecule has 1 atom stereocenters. The van der Waals surface area contributed by atoms with Crippen LogP contribution in [0.4, 0.5) is 0 Å². The van der Waals surface area contributed by atoms with E-state index >= 15 is 0 Å². The van der Waals surface area contributed by atoms with Gasteiger partial charge < -0.3 is 10.1 Å². The first-order valence-corrected chi connectivity index (χ1v) is 9.56. The molecule has 1 saturated carbocycles. The standard InChI is InChI=1S/C17H18N4O3S/c22-12-7-11(8-12)17(15-3-1-2-6-18-15)21-25(23,24)13-4-5-14-16(9-13)20-10-19-14/h1-6,9-12,17,21-22H,7-8H2,(H,19,20)/t11?,12?,17-/m0/s1. The van der Waals surface area contributed by atoms with Crippen LogP contribution in [0.2, 0.25) is 0 Å². The van der Waals surface area contributed by atoms with Gasteiger partial charge in [-0.05, 0) is 49.1 Å². The van der Waals surface area contributed by atoms with E-state index in [4.69, 9.17) is 0 Å². The second-order valence-corrected chi connectivity index (χ2v) is 8.03. The number of aliphatic hydroxyl groups excluding tert-OH is 1. The van der Waals surface area contributed by atoms with Crippen LogP contribution in [0.3, 0.4) is 0 Å². The molecule has 0 amide bonds. The normalized spacial score (nSPS) is 21.8. The zero-order valence-corrected chi connectivity index (χ0v) is 14.1. The van der Waals surface area contributed by atoms with E-state index in [1.165, 1.54) is 12.4 Å². The van der Waals surface area contributed by atoms with E-state index in [-0.39, 0.29) is 16.9 Å². The highest BCUT2D eigenvalue weighted by Gasteiger charge is 2.37. The summed E-state index contributed by atoms with van der Waals surface area (Å²) in [5.41, 5.74) is 2.03. The van der Waals surface area contributed by atoms with Gasteiger partial charge in [-0.15, -0.1) is 0 Å². The Labute approximate surface area is 145 Å². The lowest BCUT2D eigenvalue weighted by Gasteiger charge is -2.37. The lowest BCUT2D eigenvalue weighted by molar-refractivity contribution is 0.0273. The Morgan fingerprint density at radius 2 is 2.04 bits per heavy atom. The number of H-pyrrole nitrogens is 1. The molecular weight excluding hydrogens is 340 g/mol. The highest BCUT2D eigenvalue weighted by atomic mass is 32.2. The quantitative estimate of drug-likeness (QED) is 0.644. The van der Waals surface area contributed by atoms with Gasteiger partial charge in [-0.25, -0.2) is 18.1 Å². The Morgan fingerprint density at radius 1 is 1.20 bits per heavy atom. The predicted octanol–water partition coefficient (Wildman–Crippen LogP) is 1.75. The smallest absolute Gasteiger partial charge is 0.241 e. The molecule has 0 radical (unpaired) electrons. The van der Waals surface area contributed by atoms with Crippen LogP contribution in [0.25, 0.3) is 11.0 Å². The second-order valence-electron chi connectivity index (χ2n) is 6.32. The summed E-state index contributed by atoms with van der Waals surface area (Å²) in [6, 6.07) is 9.73. The number of nitrogens with zero attached hydrogens (tertiary/aromatic N) is 2. The molecule has 3 aromatic rings. The van der Waals surface area contributed by atoms with Gasteiger partial charge in [-0.1, -0.05) is 6.07 Å². The van der Waals surface area contributed by atoms with Crippen molar-refractivity contribution in [2.24, 2.45) is 5.92 Å². The van der Waals surface area contributed by atoms with Gasteiger partial charge in [0.25, 0.3) is 0 Å². The third-order valence-corrected chi connectivity index (χ3v) is 6.05. The number of nitrogens with one attached hydrogen (secondary N) is 2. The molecule has 3 N–H and O–H groups in total. The van der Waals surface area contributed by atoms with Gasteiger partial charge in [-0.2, -0.15) is 0 Å². The van der Waals surface area contributed by atoms with Crippen molar-refractivity contribution in [3.8, 4) is 0 Å². The summed E-state index contributed by atoms with van der Waals surface area (Å²) in [5, 5.41) is 9.62. The molecule has 0 bridgehead atoms. The summed E-state index contributed by atoms with van der Waals surface area (Å²) in [6.07, 6.45) is 3.91. The lowest BCUT2D eigenvalue weighted by Crippen LogP contribution is -2.41. The number of benzene rings is 1. The second kappa shape index (κ2) is 6.21. The molecule has 1 aliphatic rings. The predicted molar refractivity (Wildman–Crippen MR) is 92.1 cm³/mol. The van der Waals surface area contributed by atoms with Gasteiger partial charge in [0.05, 0.1) is 40.1 Å². The van der Waals surface area contributed by atoms with Gasteiger partial charge in [-0.3, -0.25) is 4.98 Å². The molecule has 0 aliphatic heterocycles. The summed E-state index contributed by atoms with van der Waals surface area (Å²) in [4.78, 5) is 11.5. The molecule has 2 aromatic heterocycles. The van der Waals surface area contributed by atoms with Crippen molar-refractivity contribution >= 4 is 21.1 Å². The van der Waals surface area contributed by atoms with Crippen LogP contribution in [-0.4, -0.2) is 34.6 Å². The highest BCUT2D eigenvalue weighted by Crippen LogP contribution is 2.38. The van der Waals surface area contributed by atoms with Crippen molar-refractivity contribution in [1.82, 2.24) is 19.7 Å². The van der Waals surface area contributed by atoms with Crippen LogP contribution in [0.5, 0.6) is 0 Å². The molecule has 2 heterocycles. The van der Waals surface area contributed by atoms with Crippen molar-refractivity contribution < 1.29 is 13.5 Å². The maximum atomic E-state index is 12.9. The monoisotopic (exact) mass is 358 g/mol. The molecule has 0 spiro atoms.